The van der Waals surface area contributed by atoms with Crippen LogP contribution < -0.4 is 0 Å². The molecule has 0 spiro atoms. The quantitative estimate of drug-likeness (QED) is 0.800. The van der Waals surface area contributed by atoms with Crippen molar-refractivity contribution < 1.29 is 9.53 Å². The molecule has 0 aliphatic heterocycles. The number of benzene rings is 1. The standard InChI is InChI=1S/C15H21NO2/c1-11(13-8-9-13)16(2)15(17)14-6-4-12(5-7-14)10-18-3/h4-7,11,13H,8-10H2,1-3H3. The van der Waals surface area contributed by atoms with E-state index in [0.29, 0.717) is 18.6 Å². The first-order chi connectivity index (χ1) is 8.63. The van der Waals surface area contributed by atoms with Crippen LogP contribution in [0.25, 0.3) is 0 Å². The molecule has 1 saturated carbocycles. The van der Waals surface area contributed by atoms with E-state index in [4.69, 9.17) is 4.74 Å². The Balaban J connectivity index is 2.03. The summed E-state index contributed by atoms with van der Waals surface area (Å²) in [6.45, 7) is 2.72. The summed E-state index contributed by atoms with van der Waals surface area (Å²) in [5.41, 5.74) is 1.84. The van der Waals surface area contributed by atoms with Crippen LogP contribution in [0.5, 0.6) is 0 Å². The monoisotopic (exact) mass is 247 g/mol. The highest BCUT2D eigenvalue weighted by molar-refractivity contribution is 5.94. The van der Waals surface area contributed by atoms with Gasteiger partial charge in [0.2, 0.25) is 0 Å². The first kappa shape index (κ1) is 13.1. The summed E-state index contributed by atoms with van der Waals surface area (Å²) in [5, 5.41) is 0. The lowest BCUT2D eigenvalue weighted by molar-refractivity contribution is 0.0727. The number of hydrogen-bond donors (Lipinski definition) is 0. The van der Waals surface area contributed by atoms with E-state index in [9.17, 15) is 4.79 Å². The van der Waals surface area contributed by atoms with Gasteiger partial charge >= 0.3 is 0 Å². The number of ether oxygens (including phenoxy) is 1. The Bertz CT molecular complexity index is 409. The van der Waals surface area contributed by atoms with Gasteiger partial charge in [-0.3, -0.25) is 4.79 Å². The maximum absolute atomic E-state index is 12.3. The van der Waals surface area contributed by atoms with Gasteiger partial charge in [-0.1, -0.05) is 12.1 Å². The molecule has 0 N–H and O–H groups in total. The van der Waals surface area contributed by atoms with Crippen LogP contribution in [0.2, 0.25) is 0 Å². The highest BCUT2D eigenvalue weighted by Crippen LogP contribution is 2.35. The maximum atomic E-state index is 12.3. The number of amides is 1. The van der Waals surface area contributed by atoms with Gasteiger partial charge in [-0.2, -0.15) is 0 Å². The van der Waals surface area contributed by atoms with E-state index in [1.165, 1.54) is 12.8 Å². The van der Waals surface area contributed by atoms with E-state index in [1.807, 2.05) is 36.2 Å². The van der Waals surface area contributed by atoms with E-state index < -0.39 is 0 Å². The summed E-state index contributed by atoms with van der Waals surface area (Å²) in [6.07, 6.45) is 2.51. The summed E-state index contributed by atoms with van der Waals surface area (Å²) in [7, 11) is 3.57. The molecule has 0 heterocycles. The van der Waals surface area contributed by atoms with Gasteiger partial charge < -0.3 is 9.64 Å². The van der Waals surface area contributed by atoms with Crippen molar-refractivity contribution in [1.29, 1.82) is 0 Å². The summed E-state index contributed by atoms with van der Waals surface area (Å²) in [5.74, 6) is 0.810. The van der Waals surface area contributed by atoms with Crippen LogP contribution in [0.1, 0.15) is 35.7 Å². The number of carbonyl (C=O) groups excluding carboxylic acids is 1. The lowest BCUT2D eigenvalue weighted by Gasteiger charge is -2.25. The fourth-order valence-electron chi connectivity index (χ4n) is 2.19. The molecule has 0 radical (unpaired) electrons. The molecule has 0 bridgehead atoms. The van der Waals surface area contributed by atoms with Gasteiger partial charge in [0.25, 0.3) is 5.91 Å². The van der Waals surface area contributed by atoms with Crippen LogP contribution in [0.15, 0.2) is 24.3 Å². The summed E-state index contributed by atoms with van der Waals surface area (Å²) in [4.78, 5) is 14.1. The average Bonchev–Trinajstić information content (AvgIpc) is 3.22. The number of carbonyl (C=O) groups is 1. The minimum atomic E-state index is 0.110. The summed E-state index contributed by atoms with van der Waals surface area (Å²) < 4.78 is 5.06. The molecular formula is C15H21NO2. The number of rotatable bonds is 5. The van der Waals surface area contributed by atoms with Crippen LogP contribution in [-0.4, -0.2) is 31.0 Å². The lowest BCUT2D eigenvalue weighted by atomic mass is 10.1. The molecule has 0 saturated heterocycles. The molecule has 98 valence electrons. The van der Waals surface area contributed by atoms with E-state index in [0.717, 1.165) is 11.1 Å². The first-order valence-corrected chi connectivity index (χ1v) is 6.48. The summed E-state index contributed by atoms with van der Waals surface area (Å²) >= 11 is 0. The molecular weight excluding hydrogens is 226 g/mol. The van der Waals surface area contributed by atoms with Crippen molar-refractivity contribution in [1.82, 2.24) is 4.90 Å². The number of hydrogen-bond acceptors (Lipinski definition) is 2. The largest absolute Gasteiger partial charge is 0.380 e. The fourth-order valence-corrected chi connectivity index (χ4v) is 2.19. The van der Waals surface area contributed by atoms with Crippen LogP contribution in [0.4, 0.5) is 0 Å². The summed E-state index contributed by atoms with van der Waals surface area (Å²) in [6, 6.07) is 8.01. The van der Waals surface area contributed by atoms with Gasteiger partial charge in [0.15, 0.2) is 0 Å². The average molecular weight is 247 g/mol. The van der Waals surface area contributed by atoms with Gasteiger partial charge in [0, 0.05) is 25.8 Å². The smallest absolute Gasteiger partial charge is 0.253 e. The molecule has 18 heavy (non-hydrogen) atoms. The Morgan fingerprint density at radius 3 is 2.50 bits per heavy atom. The van der Waals surface area contributed by atoms with Crippen molar-refractivity contribution in [3.05, 3.63) is 35.4 Å². The predicted octanol–water partition coefficient (Wildman–Crippen LogP) is 2.70. The zero-order chi connectivity index (χ0) is 13.1. The van der Waals surface area contributed by atoms with Gasteiger partial charge in [-0.05, 0) is 43.4 Å². The SMILES string of the molecule is COCc1ccc(C(=O)N(C)C(C)C2CC2)cc1. The number of nitrogens with zero attached hydrogens (tertiary/aromatic N) is 1. The molecule has 2 rings (SSSR count). The van der Waals surface area contributed by atoms with E-state index in [-0.39, 0.29) is 5.91 Å². The molecule has 1 aromatic rings. The van der Waals surface area contributed by atoms with Gasteiger partial charge in [0.1, 0.15) is 0 Å². The number of methoxy groups -OCH3 is 1. The minimum absolute atomic E-state index is 0.110. The van der Waals surface area contributed by atoms with E-state index >= 15 is 0 Å². The molecule has 1 fully saturated rings. The van der Waals surface area contributed by atoms with Gasteiger partial charge in [0.05, 0.1) is 6.61 Å². The van der Waals surface area contributed by atoms with Crippen molar-refractivity contribution in [2.24, 2.45) is 5.92 Å². The third-order valence-corrected chi connectivity index (χ3v) is 3.75. The van der Waals surface area contributed by atoms with E-state index in [2.05, 4.69) is 6.92 Å². The molecule has 3 nitrogen and oxygen atoms in total. The zero-order valence-electron chi connectivity index (χ0n) is 11.3. The van der Waals surface area contributed by atoms with Gasteiger partial charge in [-0.25, -0.2) is 0 Å². The Labute approximate surface area is 109 Å². The topological polar surface area (TPSA) is 29.5 Å². The highest BCUT2D eigenvalue weighted by atomic mass is 16.5. The Hall–Kier alpha value is -1.35. The third-order valence-electron chi connectivity index (χ3n) is 3.75. The van der Waals surface area contributed by atoms with Crippen molar-refractivity contribution in [3.8, 4) is 0 Å². The molecule has 1 unspecified atom stereocenters. The molecule has 0 aromatic heterocycles. The van der Waals surface area contributed by atoms with Crippen LogP contribution in [0, 0.1) is 5.92 Å². The Morgan fingerprint density at radius 1 is 1.39 bits per heavy atom. The third kappa shape index (κ3) is 2.91. The fraction of sp³-hybridized carbons (Fsp3) is 0.533. The first-order valence-electron chi connectivity index (χ1n) is 6.48. The van der Waals surface area contributed by atoms with E-state index in [1.54, 1.807) is 7.11 Å². The normalized spacial score (nSPS) is 16.4. The second-order valence-corrected chi connectivity index (χ2v) is 5.12. The van der Waals surface area contributed by atoms with Crippen LogP contribution >= 0.6 is 0 Å². The van der Waals surface area contributed by atoms with Crippen LogP contribution in [-0.2, 0) is 11.3 Å². The maximum Gasteiger partial charge on any atom is 0.253 e. The molecule has 3 heteroatoms. The molecule has 1 amide bonds. The zero-order valence-corrected chi connectivity index (χ0v) is 11.3. The molecule has 1 aliphatic rings. The molecule has 1 atom stereocenters. The van der Waals surface area contributed by atoms with Crippen LogP contribution in [0.3, 0.4) is 0 Å². The Kier molecular flexibility index (Phi) is 4.02. The van der Waals surface area contributed by atoms with Crippen molar-refractivity contribution in [2.45, 2.75) is 32.4 Å². The Morgan fingerprint density at radius 2 is 2.00 bits per heavy atom. The van der Waals surface area contributed by atoms with Crippen molar-refractivity contribution in [2.75, 3.05) is 14.2 Å². The molecule has 1 aromatic carbocycles. The predicted molar refractivity (Wildman–Crippen MR) is 71.4 cm³/mol. The minimum Gasteiger partial charge on any atom is -0.380 e. The molecule has 1 aliphatic carbocycles. The van der Waals surface area contributed by atoms with Crippen molar-refractivity contribution >= 4 is 5.91 Å². The second-order valence-electron chi connectivity index (χ2n) is 5.12. The van der Waals surface area contributed by atoms with Crippen molar-refractivity contribution in [3.63, 3.8) is 0 Å². The highest BCUT2D eigenvalue weighted by Gasteiger charge is 2.32. The second kappa shape index (κ2) is 5.53. The van der Waals surface area contributed by atoms with Gasteiger partial charge in [-0.15, -0.1) is 0 Å². The lowest BCUT2D eigenvalue weighted by Crippen LogP contribution is -2.36.